The molecule has 8 heteroatoms. The van der Waals surface area contributed by atoms with Crippen LogP contribution in [0, 0.1) is 5.82 Å². The molecule has 0 saturated carbocycles. The van der Waals surface area contributed by atoms with Gasteiger partial charge in [0, 0.05) is 16.2 Å². The summed E-state index contributed by atoms with van der Waals surface area (Å²) in [7, 11) is 0. The molecule has 22 heavy (non-hydrogen) atoms. The van der Waals surface area contributed by atoms with Crippen molar-refractivity contribution in [2.75, 3.05) is 5.32 Å². The zero-order chi connectivity index (χ0) is 16.3. The Morgan fingerprint density at radius 3 is 2.55 bits per heavy atom. The lowest BCUT2D eigenvalue weighted by molar-refractivity contribution is -0.274. The third-order valence-corrected chi connectivity index (χ3v) is 2.99. The highest BCUT2D eigenvalue weighted by atomic mass is 79.9. The molecule has 0 atom stereocenters. The number of alkyl halides is 3. The van der Waals surface area contributed by atoms with E-state index in [1.807, 2.05) is 0 Å². The van der Waals surface area contributed by atoms with Crippen molar-refractivity contribution in [2.24, 2.45) is 0 Å². The van der Waals surface area contributed by atoms with E-state index in [4.69, 9.17) is 0 Å². The van der Waals surface area contributed by atoms with Gasteiger partial charge in [0.05, 0.1) is 5.56 Å². The number of halogens is 5. The lowest BCUT2D eigenvalue weighted by Gasteiger charge is -2.11. The Morgan fingerprint density at radius 2 is 1.86 bits per heavy atom. The van der Waals surface area contributed by atoms with E-state index in [9.17, 15) is 22.4 Å². The Labute approximate surface area is 131 Å². The van der Waals surface area contributed by atoms with Gasteiger partial charge in [0.2, 0.25) is 0 Å². The lowest BCUT2D eigenvalue weighted by Crippen LogP contribution is -2.17. The Hall–Kier alpha value is -2.09. The SMILES string of the molecule is O=C(Nc1cccc(OC(F)(F)F)c1)c1cc(Br)ccc1F. The van der Waals surface area contributed by atoms with Crippen molar-refractivity contribution in [2.45, 2.75) is 6.36 Å². The van der Waals surface area contributed by atoms with Crippen LogP contribution in [0.5, 0.6) is 5.75 Å². The summed E-state index contributed by atoms with van der Waals surface area (Å²) in [6.07, 6.45) is -4.83. The first-order valence-electron chi connectivity index (χ1n) is 5.87. The Kier molecular flexibility index (Phi) is 4.70. The fourth-order valence-corrected chi connectivity index (χ4v) is 2.00. The van der Waals surface area contributed by atoms with E-state index in [2.05, 4.69) is 26.0 Å². The number of rotatable bonds is 3. The van der Waals surface area contributed by atoms with Crippen molar-refractivity contribution in [1.29, 1.82) is 0 Å². The van der Waals surface area contributed by atoms with Crippen LogP contribution in [0.15, 0.2) is 46.9 Å². The van der Waals surface area contributed by atoms with Crippen molar-refractivity contribution >= 4 is 27.5 Å². The van der Waals surface area contributed by atoms with Crippen LogP contribution in [-0.4, -0.2) is 12.3 Å². The third kappa shape index (κ3) is 4.45. The summed E-state index contributed by atoms with van der Waals surface area (Å²) in [6, 6.07) is 8.49. The number of hydrogen-bond donors (Lipinski definition) is 1. The second kappa shape index (κ2) is 6.35. The molecule has 1 amide bonds. The minimum absolute atomic E-state index is 0.0473. The fraction of sp³-hybridized carbons (Fsp3) is 0.0714. The van der Waals surface area contributed by atoms with Gasteiger partial charge < -0.3 is 10.1 Å². The minimum atomic E-state index is -4.83. The van der Waals surface area contributed by atoms with E-state index >= 15 is 0 Å². The van der Waals surface area contributed by atoms with Crippen LogP contribution in [-0.2, 0) is 0 Å². The molecule has 0 radical (unpaired) electrons. The normalized spacial score (nSPS) is 11.1. The summed E-state index contributed by atoms with van der Waals surface area (Å²) >= 11 is 3.10. The topological polar surface area (TPSA) is 38.3 Å². The van der Waals surface area contributed by atoms with Gasteiger partial charge in [-0.15, -0.1) is 13.2 Å². The van der Waals surface area contributed by atoms with E-state index in [-0.39, 0.29) is 11.3 Å². The zero-order valence-corrected chi connectivity index (χ0v) is 12.3. The summed E-state index contributed by atoms with van der Waals surface area (Å²) in [6.45, 7) is 0. The molecule has 2 aromatic rings. The summed E-state index contributed by atoms with van der Waals surface area (Å²) in [5.41, 5.74) is -0.192. The summed E-state index contributed by atoms with van der Waals surface area (Å²) in [4.78, 5) is 11.9. The number of carbonyl (C=O) groups is 1. The number of ether oxygens (including phenoxy) is 1. The summed E-state index contributed by atoms with van der Waals surface area (Å²) in [5.74, 6) is -2.02. The van der Waals surface area contributed by atoms with Crippen molar-refractivity contribution in [3.05, 3.63) is 58.3 Å². The average Bonchev–Trinajstić information content (AvgIpc) is 2.40. The van der Waals surface area contributed by atoms with E-state index in [0.717, 1.165) is 18.2 Å². The smallest absolute Gasteiger partial charge is 0.406 e. The van der Waals surface area contributed by atoms with Crippen molar-refractivity contribution in [3.8, 4) is 5.75 Å². The molecule has 0 aromatic heterocycles. The quantitative estimate of drug-likeness (QED) is 0.784. The van der Waals surface area contributed by atoms with Crippen molar-refractivity contribution in [1.82, 2.24) is 0 Å². The van der Waals surface area contributed by atoms with Crippen LogP contribution in [0.4, 0.5) is 23.2 Å². The van der Waals surface area contributed by atoms with Crippen LogP contribution in [0.3, 0.4) is 0 Å². The molecule has 0 bridgehead atoms. The van der Waals surface area contributed by atoms with Gasteiger partial charge >= 0.3 is 6.36 Å². The maximum absolute atomic E-state index is 13.6. The third-order valence-electron chi connectivity index (χ3n) is 2.50. The molecule has 0 unspecified atom stereocenters. The highest BCUT2D eigenvalue weighted by Gasteiger charge is 2.31. The Morgan fingerprint density at radius 1 is 1.14 bits per heavy atom. The minimum Gasteiger partial charge on any atom is -0.406 e. The van der Waals surface area contributed by atoms with Gasteiger partial charge in [0.15, 0.2) is 0 Å². The molecule has 0 spiro atoms. The predicted octanol–water partition coefficient (Wildman–Crippen LogP) is 4.74. The second-order valence-corrected chi connectivity index (χ2v) is 5.07. The first-order valence-corrected chi connectivity index (χ1v) is 6.66. The van der Waals surface area contributed by atoms with E-state index in [1.54, 1.807) is 0 Å². The zero-order valence-electron chi connectivity index (χ0n) is 10.7. The van der Waals surface area contributed by atoms with Crippen LogP contribution in [0.25, 0.3) is 0 Å². The number of nitrogens with one attached hydrogen (secondary N) is 1. The molecule has 0 fully saturated rings. The van der Waals surface area contributed by atoms with E-state index < -0.39 is 23.8 Å². The highest BCUT2D eigenvalue weighted by Crippen LogP contribution is 2.25. The van der Waals surface area contributed by atoms with Gasteiger partial charge in [-0.25, -0.2) is 4.39 Å². The summed E-state index contributed by atoms with van der Waals surface area (Å²) < 4.78 is 54.2. The van der Waals surface area contributed by atoms with Gasteiger partial charge in [0.25, 0.3) is 5.91 Å². The average molecular weight is 378 g/mol. The Balaban J connectivity index is 2.18. The molecule has 116 valence electrons. The molecule has 0 aliphatic rings. The van der Waals surface area contributed by atoms with Crippen molar-refractivity contribution < 1.29 is 27.1 Å². The van der Waals surface area contributed by atoms with Crippen molar-refractivity contribution in [3.63, 3.8) is 0 Å². The first-order chi connectivity index (χ1) is 10.2. The number of anilines is 1. The monoisotopic (exact) mass is 377 g/mol. The molecule has 2 rings (SSSR count). The molecule has 0 aliphatic heterocycles. The predicted molar refractivity (Wildman–Crippen MR) is 75.2 cm³/mol. The number of benzene rings is 2. The van der Waals surface area contributed by atoms with Crippen LogP contribution >= 0.6 is 15.9 Å². The maximum atomic E-state index is 13.6. The molecule has 0 heterocycles. The largest absolute Gasteiger partial charge is 0.573 e. The Bertz CT molecular complexity index is 703. The number of hydrogen-bond acceptors (Lipinski definition) is 2. The molecule has 3 nitrogen and oxygen atoms in total. The van der Waals surface area contributed by atoms with Gasteiger partial charge in [-0.3, -0.25) is 4.79 Å². The molecule has 0 saturated heterocycles. The van der Waals surface area contributed by atoms with E-state index in [0.29, 0.717) is 4.47 Å². The highest BCUT2D eigenvalue weighted by molar-refractivity contribution is 9.10. The van der Waals surface area contributed by atoms with Crippen LogP contribution in [0.2, 0.25) is 0 Å². The van der Waals surface area contributed by atoms with Crippen LogP contribution < -0.4 is 10.1 Å². The van der Waals surface area contributed by atoms with Gasteiger partial charge in [0.1, 0.15) is 11.6 Å². The van der Waals surface area contributed by atoms with Gasteiger partial charge in [-0.05, 0) is 30.3 Å². The standard InChI is InChI=1S/C14H8BrF4NO2/c15-8-4-5-12(16)11(6-8)13(21)20-9-2-1-3-10(7-9)22-14(17,18)19/h1-7H,(H,20,21). The molecule has 1 N–H and O–H groups in total. The molecule has 0 aliphatic carbocycles. The fourth-order valence-electron chi connectivity index (χ4n) is 1.64. The number of amides is 1. The van der Waals surface area contributed by atoms with Gasteiger partial charge in [-0.2, -0.15) is 0 Å². The maximum Gasteiger partial charge on any atom is 0.573 e. The van der Waals surface area contributed by atoms with Gasteiger partial charge in [-0.1, -0.05) is 22.0 Å². The number of carbonyl (C=O) groups excluding carboxylic acids is 1. The van der Waals surface area contributed by atoms with Crippen LogP contribution in [0.1, 0.15) is 10.4 Å². The summed E-state index contributed by atoms with van der Waals surface area (Å²) in [5, 5.41) is 2.31. The molecular formula is C14H8BrF4NO2. The molecule has 2 aromatic carbocycles. The second-order valence-electron chi connectivity index (χ2n) is 4.15. The van der Waals surface area contributed by atoms with E-state index in [1.165, 1.54) is 24.3 Å². The molecular weight excluding hydrogens is 370 g/mol. The first kappa shape index (κ1) is 16.3. The lowest BCUT2D eigenvalue weighted by atomic mass is 10.2.